The maximum Gasteiger partial charge on any atom is 0.416 e. The van der Waals surface area contributed by atoms with Crippen LogP contribution in [0.5, 0.6) is 0 Å². The Labute approximate surface area is 128 Å². The molecular weight excluding hydrogens is 334 g/mol. The Hall–Kier alpha value is -1.67. The molecule has 1 aromatic carbocycles. The van der Waals surface area contributed by atoms with Gasteiger partial charge in [0.25, 0.3) is 0 Å². The van der Waals surface area contributed by atoms with Gasteiger partial charge in [0.2, 0.25) is 5.84 Å². The molecule has 0 amide bonds. The van der Waals surface area contributed by atoms with Crippen molar-refractivity contribution in [1.82, 2.24) is 0 Å². The third-order valence-corrected chi connectivity index (χ3v) is 2.71. The number of hydrogen-bond donors (Lipinski definition) is 1. The molecule has 2 N–H and O–H groups in total. The minimum atomic E-state index is -4.54. The van der Waals surface area contributed by atoms with Gasteiger partial charge >= 0.3 is 12.1 Å². The highest BCUT2D eigenvalue weighted by Gasteiger charge is 2.31. The monoisotopic (exact) mass is 343 g/mol. The Balaban J connectivity index is 3.01. The lowest BCUT2D eigenvalue weighted by molar-refractivity contribution is -0.137. The fourth-order valence-corrected chi connectivity index (χ4v) is 1.76. The number of nitrogens with zero attached hydrogens (tertiary/aromatic N) is 2. The number of hydrogen-bond acceptors (Lipinski definition) is 4. The number of nitrogens with two attached hydrogens (primary N) is 1. The van der Waals surface area contributed by atoms with E-state index in [9.17, 15) is 18.0 Å². The van der Waals surface area contributed by atoms with E-state index in [1.165, 1.54) is 0 Å². The predicted molar refractivity (Wildman–Crippen MR) is 73.0 cm³/mol. The van der Waals surface area contributed by atoms with Crippen molar-refractivity contribution in [3.05, 3.63) is 28.8 Å². The first-order valence-corrected chi connectivity index (χ1v) is 6.22. The lowest BCUT2D eigenvalue weighted by Gasteiger charge is -2.14. The van der Waals surface area contributed by atoms with Crippen LogP contribution in [0.15, 0.2) is 23.3 Å². The molecule has 0 aliphatic carbocycles. The summed E-state index contributed by atoms with van der Waals surface area (Å²) in [4.78, 5) is 11.2. The van der Waals surface area contributed by atoms with Crippen LogP contribution in [-0.4, -0.2) is 18.4 Å². The van der Waals surface area contributed by atoms with E-state index < -0.39 is 23.5 Å². The van der Waals surface area contributed by atoms with E-state index in [1.807, 2.05) is 0 Å². The first kappa shape index (κ1) is 17.4. The van der Waals surface area contributed by atoms with E-state index in [4.69, 9.17) is 29.1 Å². The zero-order chi connectivity index (χ0) is 16.2. The van der Waals surface area contributed by atoms with Crippen molar-refractivity contribution in [2.75, 3.05) is 11.1 Å². The maximum absolute atomic E-state index is 12.5. The van der Waals surface area contributed by atoms with Gasteiger partial charge in [-0.15, -0.1) is 5.10 Å². The van der Waals surface area contributed by atoms with Gasteiger partial charge in [-0.3, -0.25) is 0 Å². The summed E-state index contributed by atoms with van der Waals surface area (Å²) in [6, 6.07) is 2.45. The summed E-state index contributed by atoms with van der Waals surface area (Å²) < 4.78 is 42.6. The highest BCUT2D eigenvalue weighted by atomic mass is 35.5. The quantitative estimate of drug-likeness (QED) is 0.301. The van der Waals surface area contributed by atoms with Crippen molar-refractivity contribution < 1.29 is 22.7 Å². The molecule has 10 heteroatoms. The molecule has 0 saturated heterocycles. The summed E-state index contributed by atoms with van der Waals surface area (Å²) in [5.41, 5.74) is 4.31. The van der Waals surface area contributed by atoms with E-state index in [0.717, 1.165) is 12.1 Å². The predicted octanol–water partition coefficient (Wildman–Crippen LogP) is 3.15. The zero-order valence-corrected chi connectivity index (χ0v) is 12.1. The van der Waals surface area contributed by atoms with Gasteiger partial charge in [0.1, 0.15) is 0 Å². The molecule has 116 valence electrons. The van der Waals surface area contributed by atoms with Crippen molar-refractivity contribution in [3.8, 4) is 0 Å². The standard InChI is InChI=1S/C11H10Cl2F3N3O2/c1-2-21-10(20)9(17)18-19(13)8-4-3-6(5-7(8)12)11(14,15)16/h3-5H,2H2,1H3,(H2,17,18). The fourth-order valence-electron chi connectivity index (χ4n) is 1.23. The highest BCUT2D eigenvalue weighted by Crippen LogP contribution is 2.35. The van der Waals surface area contributed by atoms with E-state index in [-0.39, 0.29) is 17.3 Å². The van der Waals surface area contributed by atoms with Crippen LogP contribution in [-0.2, 0) is 15.7 Å². The zero-order valence-electron chi connectivity index (χ0n) is 10.6. The second-order valence-electron chi connectivity index (χ2n) is 3.63. The van der Waals surface area contributed by atoms with E-state index in [1.54, 1.807) is 6.92 Å². The van der Waals surface area contributed by atoms with E-state index in [2.05, 4.69) is 9.84 Å². The van der Waals surface area contributed by atoms with Gasteiger partial charge in [0.05, 0.1) is 22.9 Å². The van der Waals surface area contributed by atoms with Crippen molar-refractivity contribution in [2.45, 2.75) is 13.1 Å². The molecule has 0 fully saturated rings. The molecule has 0 atom stereocenters. The molecule has 1 aromatic rings. The molecule has 0 aromatic heterocycles. The molecule has 1 rings (SSSR count). The van der Waals surface area contributed by atoms with Gasteiger partial charge in [0.15, 0.2) is 0 Å². The number of hydrazone groups is 1. The Morgan fingerprint density at radius 2 is 2.10 bits per heavy atom. The first-order valence-electron chi connectivity index (χ1n) is 5.50. The van der Waals surface area contributed by atoms with Gasteiger partial charge in [0, 0.05) is 11.8 Å². The van der Waals surface area contributed by atoms with Crippen LogP contribution in [0.3, 0.4) is 0 Å². The highest BCUT2D eigenvalue weighted by molar-refractivity contribution is 6.38. The van der Waals surface area contributed by atoms with Crippen LogP contribution in [0.4, 0.5) is 18.9 Å². The molecular formula is C11H10Cl2F3N3O2. The Morgan fingerprint density at radius 3 is 2.57 bits per heavy atom. The lowest BCUT2D eigenvalue weighted by atomic mass is 10.2. The Kier molecular flexibility index (Phi) is 5.68. The van der Waals surface area contributed by atoms with E-state index in [0.29, 0.717) is 10.6 Å². The number of esters is 1. The topological polar surface area (TPSA) is 67.9 Å². The summed E-state index contributed by atoms with van der Waals surface area (Å²) in [5.74, 6) is -1.48. The van der Waals surface area contributed by atoms with Crippen molar-refractivity contribution >= 4 is 40.9 Å². The second-order valence-corrected chi connectivity index (χ2v) is 4.36. The smallest absolute Gasteiger partial charge is 0.416 e. The number of carbonyl (C=O) groups excluding carboxylic acids is 1. The number of alkyl halides is 3. The lowest BCUT2D eigenvalue weighted by Crippen LogP contribution is -2.28. The van der Waals surface area contributed by atoms with Gasteiger partial charge in [-0.05, 0) is 25.1 Å². The van der Waals surface area contributed by atoms with Crippen molar-refractivity contribution in [1.29, 1.82) is 0 Å². The molecule has 0 radical (unpaired) electrons. The molecule has 0 spiro atoms. The molecule has 21 heavy (non-hydrogen) atoms. The summed E-state index contributed by atoms with van der Waals surface area (Å²) in [7, 11) is 0. The molecule has 0 heterocycles. The average molecular weight is 344 g/mol. The number of halogens is 5. The van der Waals surface area contributed by atoms with Crippen LogP contribution in [0, 0.1) is 0 Å². The molecule has 5 nitrogen and oxygen atoms in total. The van der Waals surface area contributed by atoms with Crippen LogP contribution in [0.1, 0.15) is 12.5 Å². The van der Waals surface area contributed by atoms with Crippen molar-refractivity contribution in [3.63, 3.8) is 0 Å². The van der Waals surface area contributed by atoms with Crippen LogP contribution in [0.2, 0.25) is 5.02 Å². The minimum absolute atomic E-state index is 0.0708. The Bertz CT molecular complexity index is 564. The fraction of sp³-hybridized carbons (Fsp3) is 0.273. The third-order valence-electron chi connectivity index (χ3n) is 2.15. The largest absolute Gasteiger partial charge is 0.460 e. The molecule has 0 bridgehead atoms. The maximum atomic E-state index is 12.5. The number of benzene rings is 1. The summed E-state index contributed by atoms with van der Waals surface area (Å²) >= 11 is 11.4. The number of rotatable bonds is 3. The number of ether oxygens (including phenoxy) is 1. The SMILES string of the molecule is CCOC(=O)C(N)=NN(Cl)c1ccc(C(F)(F)F)cc1Cl. The molecule has 0 aliphatic rings. The van der Waals surface area contributed by atoms with Gasteiger partial charge < -0.3 is 10.5 Å². The van der Waals surface area contributed by atoms with Crippen molar-refractivity contribution in [2.24, 2.45) is 10.8 Å². The Morgan fingerprint density at radius 1 is 1.48 bits per heavy atom. The van der Waals surface area contributed by atoms with Gasteiger partial charge in [-0.2, -0.15) is 17.7 Å². The van der Waals surface area contributed by atoms with Gasteiger partial charge in [-0.1, -0.05) is 11.6 Å². The molecule has 0 aliphatic heterocycles. The normalized spacial score (nSPS) is 12.2. The number of anilines is 1. The number of amidine groups is 1. The minimum Gasteiger partial charge on any atom is -0.460 e. The second kappa shape index (κ2) is 6.86. The average Bonchev–Trinajstić information content (AvgIpc) is 2.37. The van der Waals surface area contributed by atoms with E-state index >= 15 is 0 Å². The summed E-state index contributed by atoms with van der Waals surface area (Å²) in [6.45, 7) is 1.65. The molecule has 0 saturated carbocycles. The number of carbonyl (C=O) groups is 1. The van der Waals surface area contributed by atoms with Crippen LogP contribution < -0.4 is 10.3 Å². The van der Waals surface area contributed by atoms with Gasteiger partial charge in [-0.25, -0.2) is 4.79 Å². The molecule has 0 unspecified atom stereocenters. The third kappa shape index (κ3) is 4.68. The summed E-state index contributed by atoms with van der Waals surface area (Å²) in [5, 5.41) is 3.17. The first-order chi connectivity index (χ1) is 9.66. The van der Waals surface area contributed by atoms with Crippen LogP contribution >= 0.6 is 23.4 Å². The van der Waals surface area contributed by atoms with Crippen LogP contribution in [0.25, 0.3) is 0 Å². The summed E-state index contributed by atoms with van der Waals surface area (Å²) in [6.07, 6.45) is -4.54.